The zero-order valence-corrected chi connectivity index (χ0v) is 13.9. The van der Waals surface area contributed by atoms with Crippen LogP contribution in [0, 0.1) is 0 Å². The van der Waals surface area contributed by atoms with Crippen LogP contribution in [0.3, 0.4) is 0 Å². The lowest BCUT2D eigenvalue weighted by atomic mass is 10.2. The maximum absolute atomic E-state index is 11.7. The van der Waals surface area contributed by atoms with Crippen molar-refractivity contribution in [3.05, 3.63) is 30.0 Å². The highest BCUT2D eigenvalue weighted by Crippen LogP contribution is 2.25. The largest absolute Gasteiger partial charge is 0.497 e. The van der Waals surface area contributed by atoms with Gasteiger partial charge in [0.1, 0.15) is 11.4 Å². The molecule has 1 aromatic rings. The molecule has 126 valence electrons. The first-order chi connectivity index (χ1) is 10.7. The first kappa shape index (κ1) is 18.5. The Labute approximate surface area is 134 Å². The van der Waals surface area contributed by atoms with Crippen LogP contribution in [0.2, 0.25) is 0 Å². The molecule has 0 atom stereocenters. The predicted molar refractivity (Wildman–Crippen MR) is 81.8 cm³/mol. The Hall–Kier alpha value is -2.55. The number of hydrogen-bond acceptors (Lipinski definition) is 8. The Bertz CT molecular complexity index is 737. The SMILES string of the molecule is COC(=O)/C=C(/Nc1cc(OC)cc(S(C)(=O)=O)c1)C(=O)OC. The molecule has 0 heterocycles. The minimum atomic E-state index is -3.49. The second kappa shape index (κ2) is 7.63. The molecule has 23 heavy (non-hydrogen) atoms. The van der Waals surface area contributed by atoms with E-state index in [1.165, 1.54) is 25.3 Å². The number of carbonyl (C=O) groups excluding carboxylic acids is 2. The smallest absolute Gasteiger partial charge is 0.354 e. The number of carbonyl (C=O) groups is 2. The highest BCUT2D eigenvalue weighted by Gasteiger charge is 2.16. The van der Waals surface area contributed by atoms with Gasteiger partial charge >= 0.3 is 11.9 Å². The van der Waals surface area contributed by atoms with Crippen LogP contribution >= 0.6 is 0 Å². The van der Waals surface area contributed by atoms with E-state index in [-0.39, 0.29) is 22.0 Å². The van der Waals surface area contributed by atoms with E-state index in [2.05, 4.69) is 14.8 Å². The summed E-state index contributed by atoms with van der Waals surface area (Å²) in [5.41, 5.74) is 0.0115. The van der Waals surface area contributed by atoms with Crippen molar-refractivity contribution >= 4 is 27.5 Å². The quantitative estimate of drug-likeness (QED) is 0.595. The standard InChI is InChI=1S/C14H17NO7S/c1-20-10-5-9(6-11(7-10)23(4,18)19)15-12(14(17)22-3)8-13(16)21-2/h5-8,15H,1-4H3/b12-8+. The number of methoxy groups -OCH3 is 3. The van der Waals surface area contributed by atoms with Crippen LogP contribution in [-0.4, -0.2) is 47.9 Å². The molecule has 0 aliphatic carbocycles. The molecular weight excluding hydrogens is 326 g/mol. The summed E-state index contributed by atoms with van der Waals surface area (Å²) in [5.74, 6) is -1.33. The van der Waals surface area contributed by atoms with E-state index >= 15 is 0 Å². The van der Waals surface area contributed by atoms with Crippen LogP contribution in [0.25, 0.3) is 0 Å². The van der Waals surface area contributed by atoms with E-state index in [0.29, 0.717) is 0 Å². The van der Waals surface area contributed by atoms with Crippen LogP contribution in [0.5, 0.6) is 5.75 Å². The van der Waals surface area contributed by atoms with E-state index in [0.717, 1.165) is 26.6 Å². The van der Waals surface area contributed by atoms with Gasteiger partial charge < -0.3 is 19.5 Å². The summed E-state index contributed by atoms with van der Waals surface area (Å²) in [7, 11) is 0.173. The van der Waals surface area contributed by atoms with Gasteiger partial charge in [-0.15, -0.1) is 0 Å². The summed E-state index contributed by atoms with van der Waals surface area (Å²) >= 11 is 0. The number of benzene rings is 1. The van der Waals surface area contributed by atoms with E-state index in [1.54, 1.807) is 0 Å². The first-order valence-electron chi connectivity index (χ1n) is 6.25. The van der Waals surface area contributed by atoms with Gasteiger partial charge in [-0.05, 0) is 12.1 Å². The van der Waals surface area contributed by atoms with Gasteiger partial charge in [0, 0.05) is 18.0 Å². The summed E-state index contributed by atoms with van der Waals surface area (Å²) < 4.78 is 37.4. The lowest BCUT2D eigenvalue weighted by molar-refractivity contribution is -0.138. The fraction of sp³-hybridized carbons (Fsp3) is 0.286. The fourth-order valence-corrected chi connectivity index (χ4v) is 2.24. The second-order valence-electron chi connectivity index (χ2n) is 4.37. The summed E-state index contributed by atoms with van der Waals surface area (Å²) in [4.78, 5) is 23.0. The number of rotatable bonds is 6. The lowest BCUT2D eigenvalue weighted by Crippen LogP contribution is -2.15. The van der Waals surface area contributed by atoms with Gasteiger partial charge in [-0.3, -0.25) is 0 Å². The Balaban J connectivity index is 3.30. The third-order valence-corrected chi connectivity index (χ3v) is 3.78. The lowest BCUT2D eigenvalue weighted by Gasteiger charge is -2.12. The van der Waals surface area contributed by atoms with Crippen molar-refractivity contribution < 1.29 is 32.2 Å². The van der Waals surface area contributed by atoms with Crippen molar-refractivity contribution in [2.45, 2.75) is 4.90 Å². The highest BCUT2D eigenvalue weighted by atomic mass is 32.2. The molecule has 0 radical (unpaired) electrons. The van der Waals surface area contributed by atoms with Gasteiger partial charge in [0.05, 0.1) is 32.3 Å². The molecule has 0 amide bonds. The molecule has 0 aliphatic rings. The molecule has 0 fully saturated rings. The van der Waals surface area contributed by atoms with E-state index in [1.807, 2.05) is 0 Å². The average molecular weight is 343 g/mol. The molecule has 0 saturated heterocycles. The molecule has 0 aromatic heterocycles. The predicted octanol–water partition coefficient (Wildman–Crippen LogP) is 0.740. The van der Waals surface area contributed by atoms with Crippen LogP contribution in [-0.2, 0) is 28.9 Å². The molecule has 0 unspecified atom stereocenters. The maximum atomic E-state index is 11.7. The van der Waals surface area contributed by atoms with Gasteiger partial charge in [0.15, 0.2) is 9.84 Å². The summed E-state index contributed by atoms with van der Waals surface area (Å²) in [5, 5.41) is 2.62. The molecule has 9 heteroatoms. The first-order valence-corrected chi connectivity index (χ1v) is 8.14. The monoisotopic (exact) mass is 343 g/mol. The number of anilines is 1. The zero-order valence-electron chi connectivity index (χ0n) is 13.1. The molecule has 8 nitrogen and oxygen atoms in total. The van der Waals surface area contributed by atoms with Crippen molar-refractivity contribution in [1.29, 1.82) is 0 Å². The molecule has 0 bridgehead atoms. The van der Waals surface area contributed by atoms with Crippen LogP contribution < -0.4 is 10.1 Å². The third kappa shape index (κ3) is 5.29. The number of hydrogen-bond donors (Lipinski definition) is 1. The Kier molecular flexibility index (Phi) is 6.14. The van der Waals surface area contributed by atoms with E-state index in [4.69, 9.17) is 4.74 Å². The van der Waals surface area contributed by atoms with Gasteiger partial charge in [0.2, 0.25) is 0 Å². The average Bonchev–Trinajstić information content (AvgIpc) is 2.51. The Morgan fingerprint density at radius 3 is 2.22 bits per heavy atom. The van der Waals surface area contributed by atoms with Crippen molar-refractivity contribution in [3.63, 3.8) is 0 Å². The fourth-order valence-electron chi connectivity index (χ4n) is 1.56. The number of nitrogens with one attached hydrogen (secondary N) is 1. The number of sulfone groups is 1. The molecule has 0 spiro atoms. The summed E-state index contributed by atoms with van der Waals surface area (Å²) in [6, 6.07) is 4.09. The second-order valence-corrected chi connectivity index (χ2v) is 6.38. The van der Waals surface area contributed by atoms with Gasteiger partial charge in [-0.1, -0.05) is 0 Å². The van der Waals surface area contributed by atoms with Crippen molar-refractivity contribution in [2.24, 2.45) is 0 Å². The van der Waals surface area contributed by atoms with Crippen molar-refractivity contribution in [1.82, 2.24) is 0 Å². The Morgan fingerprint density at radius 1 is 1.09 bits per heavy atom. The van der Waals surface area contributed by atoms with Gasteiger partial charge in [0.25, 0.3) is 0 Å². The van der Waals surface area contributed by atoms with E-state index in [9.17, 15) is 18.0 Å². The van der Waals surface area contributed by atoms with Gasteiger partial charge in [-0.2, -0.15) is 0 Å². The Morgan fingerprint density at radius 2 is 1.74 bits per heavy atom. The molecule has 0 saturated carbocycles. The van der Waals surface area contributed by atoms with Crippen LogP contribution in [0.1, 0.15) is 0 Å². The number of ether oxygens (including phenoxy) is 3. The molecule has 0 aliphatic heterocycles. The van der Waals surface area contributed by atoms with E-state index < -0.39 is 21.8 Å². The number of esters is 2. The summed E-state index contributed by atoms with van der Waals surface area (Å²) in [6.45, 7) is 0. The normalized spacial score (nSPS) is 11.6. The van der Waals surface area contributed by atoms with Crippen LogP contribution in [0.15, 0.2) is 34.9 Å². The van der Waals surface area contributed by atoms with Crippen molar-refractivity contribution in [3.8, 4) is 5.75 Å². The highest BCUT2D eigenvalue weighted by molar-refractivity contribution is 7.90. The van der Waals surface area contributed by atoms with Crippen molar-refractivity contribution in [2.75, 3.05) is 32.9 Å². The minimum absolute atomic E-state index is 0.0124. The third-order valence-electron chi connectivity index (χ3n) is 2.69. The molecule has 1 aromatic carbocycles. The topological polar surface area (TPSA) is 108 Å². The maximum Gasteiger partial charge on any atom is 0.354 e. The molecular formula is C14H17NO7S. The molecule has 1 rings (SSSR count). The zero-order chi connectivity index (χ0) is 17.6. The molecule has 1 N–H and O–H groups in total. The van der Waals surface area contributed by atoms with Gasteiger partial charge in [-0.25, -0.2) is 18.0 Å². The minimum Gasteiger partial charge on any atom is -0.497 e. The van der Waals surface area contributed by atoms with Crippen LogP contribution in [0.4, 0.5) is 5.69 Å². The summed E-state index contributed by atoms with van der Waals surface area (Å²) in [6.07, 6.45) is 1.93.